The summed E-state index contributed by atoms with van der Waals surface area (Å²) in [7, 11) is 1.56. The number of aromatic hydroxyl groups is 1. The minimum Gasteiger partial charge on any atom is -0.507 e. The van der Waals surface area contributed by atoms with Gasteiger partial charge in [0.1, 0.15) is 5.75 Å². The summed E-state index contributed by atoms with van der Waals surface area (Å²) in [5.41, 5.74) is 1.93. The monoisotopic (exact) mass is 259 g/mol. The van der Waals surface area contributed by atoms with Crippen LogP contribution in [0.3, 0.4) is 0 Å². The van der Waals surface area contributed by atoms with Gasteiger partial charge in [-0.25, -0.2) is 0 Å². The lowest BCUT2D eigenvalue weighted by Gasteiger charge is -2.06. The fourth-order valence-corrected chi connectivity index (χ4v) is 1.82. The van der Waals surface area contributed by atoms with Crippen LogP contribution in [0.4, 0.5) is 0 Å². The molecule has 0 bridgehead atoms. The van der Waals surface area contributed by atoms with Crippen molar-refractivity contribution < 1.29 is 9.90 Å². The lowest BCUT2D eigenvalue weighted by molar-refractivity contribution is 0.0962. The number of carbonyl (C=O) groups excluding carboxylic acids is 1. The summed E-state index contributed by atoms with van der Waals surface area (Å²) in [6.07, 6.45) is 3.58. The zero-order valence-corrected chi connectivity index (χ0v) is 11.2. The molecule has 0 unspecified atom stereocenters. The maximum absolute atomic E-state index is 11.5. The molecule has 0 saturated carbocycles. The second kappa shape index (κ2) is 5.14. The van der Waals surface area contributed by atoms with E-state index >= 15 is 0 Å². The third-order valence-corrected chi connectivity index (χ3v) is 2.93. The SMILES string of the molecule is CNC(=O)c1ccc(-c2cnn(C(C)C)c2)c(O)c1. The van der Waals surface area contributed by atoms with Crippen LogP contribution in [0, 0.1) is 0 Å². The molecule has 0 aliphatic heterocycles. The fourth-order valence-electron chi connectivity index (χ4n) is 1.82. The molecule has 1 heterocycles. The Kier molecular flexibility index (Phi) is 3.55. The van der Waals surface area contributed by atoms with Crippen LogP contribution >= 0.6 is 0 Å². The van der Waals surface area contributed by atoms with Crippen LogP contribution < -0.4 is 5.32 Å². The Morgan fingerprint density at radius 2 is 2.16 bits per heavy atom. The van der Waals surface area contributed by atoms with Gasteiger partial charge in [0, 0.05) is 36.0 Å². The molecule has 100 valence electrons. The highest BCUT2D eigenvalue weighted by atomic mass is 16.3. The molecule has 0 atom stereocenters. The van der Waals surface area contributed by atoms with Gasteiger partial charge in [-0.05, 0) is 32.0 Å². The molecule has 0 aliphatic rings. The topological polar surface area (TPSA) is 67.2 Å². The molecule has 2 N–H and O–H groups in total. The molecule has 0 spiro atoms. The fraction of sp³-hybridized carbons (Fsp3) is 0.286. The molecule has 0 saturated heterocycles. The number of benzene rings is 1. The molecule has 1 aromatic carbocycles. The van der Waals surface area contributed by atoms with E-state index in [-0.39, 0.29) is 17.7 Å². The highest BCUT2D eigenvalue weighted by Gasteiger charge is 2.11. The number of amides is 1. The van der Waals surface area contributed by atoms with Crippen molar-refractivity contribution in [1.29, 1.82) is 0 Å². The Balaban J connectivity index is 2.37. The number of rotatable bonds is 3. The number of carbonyl (C=O) groups is 1. The largest absolute Gasteiger partial charge is 0.507 e. The first-order valence-corrected chi connectivity index (χ1v) is 6.12. The molecule has 5 nitrogen and oxygen atoms in total. The Morgan fingerprint density at radius 3 is 2.68 bits per heavy atom. The Morgan fingerprint density at radius 1 is 1.42 bits per heavy atom. The van der Waals surface area contributed by atoms with Crippen LogP contribution in [0.15, 0.2) is 30.6 Å². The van der Waals surface area contributed by atoms with Crippen LogP contribution in [0.2, 0.25) is 0 Å². The normalized spacial score (nSPS) is 10.7. The second-order valence-corrected chi connectivity index (χ2v) is 4.61. The average molecular weight is 259 g/mol. The maximum atomic E-state index is 11.5. The van der Waals surface area contributed by atoms with Gasteiger partial charge in [0.2, 0.25) is 0 Å². The van der Waals surface area contributed by atoms with Crippen LogP contribution in [-0.2, 0) is 0 Å². The Bertz CT molecular complexity index is 602. The average Bonchev–Trinajstić information content (AvgIpc) is 2.87. The number of hydrogen-bond donors (Lipinski definition) is 2. The molecule has 0 fully saturated rings. The van der Waals surface area contributed by atoms with E-state index in [4.69, 9.17) is 0 Å². The smallest absolute Gasteiger partial charge is 0.251 e. The molecule has 5 heteroatoms. The van der Waals surface area contributed by atoms with Gasteiger partial charge in [-0.3, -0.25) is 9.48 Å². The molecule has 1 aromatic heterocycles. The molecule has 1 amide bonds. The van der Waals surface area contributed by atoms with Crippen LogP contribution in [0.5, 0.6) is 5.75 Å². The number of hydrogen-bond acceptors (Lipinski definition) is 3. The summed E-state index contributed by atoms with van der Waals surface area (Å²) >= 11 is 0. The Hall–Kier alpha value is -2.30. The van der Waals surface area contributed by atoms with Gasteiger partial charge in [-0.1, -0.05) is 0 Å². The predicted octanol–water partition coefficient (Wildman–Crippen LogP) is 2.20. The number of nitrogens with one attached hydrogen (secondary N) is 1. The van der Waals surface area contributed by atoms with E-state index in [2.05, 4.69) is 10.4 Å². The first-order valence-electron chi connectivity index (χ1n) is 6.12. The van der Waals surface area contributed by atoms with Gasteiger partial charge < -0.3 is 10.4 Å². The van der Waals surface area contributed by atoms with Gasteiger partial charge in [-0.15, -0.1) is 0 Å². The van der Waals surface area contributed by atoms with Gasteiger partial charge in [-0.2, -0.15) is 5.10 Å². The van der Waals surface area contributed by atoms with Gasteiger partial charge in [0.05, 0.1) is 6.20 Å². The summed E-state index contributed by atoms with van der Waals surface area (Å²) in [6, 6.07) is 5.13. The van der Waals surface area contributed by atoms with Crippen molar-refractivity contribution in [2.24, 2.45) is 0 Å². The van der Waals surface area contributed by atoms with Gasteiger partial charge in [0.15, 0.2) is 0 Å². The number of aromatic nitrogens is 2. The standard InChI is InChI=1S/C14H17N3O2/c1-9(2)17-8-11(7-16-17)12-5-4-10(6-13(12)18)14(19)15-3/h4-9,18H,1-3H3,(H,15,19). The quantitative estimate of drug-likeness (QED) is 0.888. The van der Waals surface area contributed by atoms with E-state index < -0.39 is 0 Å². The van der Waals surface area contributed by atoms with E-state index in [1.54, 1.807) is 25.4 Å². The predicted molar refractivity (Wildman–Crippen MR) is 73.1 cm³/mol. The van der Waals surface area contributed by atoms with Crippen molar-refractivity contribution in [2.75, 3.05) is 7.05 Å². The molecular formula is C14H17N3O2. The van der Waals surface area contributed by atoms with E-state index in [9.17, 15) is 9.90 Å². The van der Waals surface area contributed by atoms with E-state index in [1.165, 1.54) is 6.07 Å². The van der Waals surface area contributed by atoms with Crippen molar-refractivity contribution in [3.63, 3.8) is 0 Å². The number of phenolic OH excluding ortho intramolecular Hbond substituents is 1. The molecule has 0 aliphatic carbocycles. The van der Waals surface area contributed by atoms with Crippen molar-refractivity contribution in [2.45, 2.75) is 19.9 Å². The van der Waals surface area contributed by atoms with E-state index in [0.29, 0.717) is 11.1 Å². The molecule has 0 radical (unpaired) electrons. The molecule has 19 heavy (non-hydrogen) atoms. The van der Waals surface area contributed by atoms with Crippen molar-refractivity contribution in [1.82, 2.24) is 15.1 Å². The lowest BCUT2D eigenvalue weighted by Crippen LogP contribution is -2.17. The van der Waals surface area contributed by atoms with Crippen LogP contribution in [0.1, 0.15) is 30.2 Å². The summed E-state index contributed by atoms with van der Waals surface area (Å²) in [5.74, 6) is -0.149. The first-order chi connectivity index (χ1) is 9.02. The minimum absolute atomic E-state index is 0.0735. The third-order valence-electron chi connectivity index (χ3n) is 2.93. The zero-order valence-electron chi connectivity index (χ0n) is 11.2. The highest BCUT2D eigenvalue weighted by Crippen LogP contribution is 2.30. The summed E-state index contributed by atoms with van der Waals surface area (Å²) in [5, 5.41) is 16.8. The summed E-state index contributed by atoms with van der Waals surface area (Å²) in [6.45, 7) is 4.07. The van der Waals surface area contributed by atoms with E-state index in [0.717, 1.165) is 5.56 Å². The van der Waals surface area contributed by atoms with E-state index in [1.807, 2.05) is 24.7 Å². The summed E-state index contributed by atoms with van der Waals surface area (Å²) in [4.78, 5) is 11.5. The molecular weight excluding hydrogens is 242 g/mol. The van der Waals surface area contributed by atoms with Crippen LogP contribution in [-0.4, -0.2) is 27.8 Å². The highest BCUT2D eigenvalue weighted by molar-refractivity contribution is 5.95. The molecule has 2 rings (SSSR count). The lowest BCUT2D eigenvalue weighted by atomic mass is 10.1. The van der Waals surface area contributed by atoms with Crippen LogP contribution in [0.25, 0.3) is 11.1 Å². The maximum Gasteiger partial charge on any atom is 0.251 e. The van der Waals surface area contributed by atoms with Gasteiger partial charge in [0.25, 0.3) is 5.91 Å². The van der Waals surface area contributed by atoms with Crippen molar-refractivity contribution in [3.8, 4) is 16.9 Å². The summed E-state index contributed by atoms with van der Waals surface area (Å²) < 4.78 is 1.82. The number of phenols is 1. The van der Waals surface area contributed by atoms with Crippen molar-refractivity contribution in [3.05, 3.63) is 36.2 Å². The Labute approximate surface area is 111 Å². The third kappa shape index (κ3) is 2.59. The second-order valence-electron chi connectivity index (χ2n) is 4.61. The molecule has 2 aromatic rings. The van der Waals surface area contributed by atoms with Crippen molar-refractivity contribution >= 4 is 5.91 Å². The number of nitrogens with zero attached hydrogens (tertiary/aromatic N) is 2. The first kappa shape index (κ1) is 13.1. The zero-order chi connectivity index (χ0) is 14.0. The minimum atomic E-state index is -0.222. The van der Waals surface area contributed by atoms with Gasteiger partial charge >= 0.3 is 0 Å².